The summed E-state index contributed by atoms with van der Waals surface area (Å²) >= 11 is 0. The Morgan fingerprint density at radius 2 is 0.827 bits per heavy atom. The van der Waals surface area contributed by atoms with Crippen LogP contribution < -0.4 is 0 Å². The van der Waals surface area contributed by atoms with E-state index in [9.17, 15) is 0 Å². The molecular formula is C48H30N4. The SMILES string of the molecule is c1ccc(-c2nc3ccccc3nc2-c2ccc3cc(-n4c5ccccc5c5ccc6c7ccccc7n(-c7ccccc7)c6c54)ccc3c2)cc1. The van der Waals surface area contributed by atoms with E-state index < -0.39 is 0 Å². The molecule has 3 heterocycles. The van der Waals surface area contributed by atoms with E-state index in [1.54, 1.807) is 0 Å². The minimum atomic E-state index is 0.884. The van der Waals surface area contributed by atoms with E-state index in [1.165, 1.54) is 43.6 Å². The highest BCUT2D eigenvalue weighted by molar-refractivity contribution is 6.23. The van der Waals surface area contributed by atoms with Crippen LogP contribution in [-0.4, -0.2) is 19.1 Å². The van der Waals surface area contributed by atoms with Crippen molar-refractivity contribution >= 4 is 65.4 Å². The third-order valence-corrected chi connectivity index (χ3v) is 10.5. The molecule has 0 N–H and O–H groups in total. The smallest absolute Gasteiger partial charge is 0.0973 e. The zero-order valence-corrected chi connectivity index (χ0v) is 28.1. The zero-order valence-electron chi connectivity index (χ0n) is 28.1. The van der Waals surface area contributed by atoms with Gasteiger partial charge in [-0.05, 0) is 65.4 Å². The van der Waals surface area contributed by atoms with Gasteiger partial charge in [0.1, 0.15) is 0 Å². The largest absolute Gasteiger partial charge is 0.307 e. The van der Waals surface area contributed by atoms with Crippen LogP contribution in [0.15, 0.2) is 182 Å². The average molecular weight is 663 g/mol. The molecule has 11 rings (SSSR count). The van der Waals surface area contributed by atoms with Gasteiger partial charge in [-0.25, -0.2) is 9.97 Å². The molecule has 0 fully saturated rings. The molecule has 0 bridgehead atoms. The molecule has 0 aliphatic carbocycles. The zero-order chi connectivity index (χ0) is 34.2. The molecule has 3 aromatic heterocycles. The Labute approximate surface area is 299 Å². The molecule has 0 aliphatic rings. The summed E-state index contributed by atoms with van der Waals surface area (Å²) in [6, 6.07) is 64.8. The summed E-state index contributed by atoms with van der Waals surface area (Å²) in [7, 11) is 0. The van der Waals surface area contributed by atoms with Crippen molar-refractivity contribution in [3.05, 3.63) is 182 Å². The number of fused-ring (bicyclic) bond motifs is 9. The molecule has 0 spiro atoms. The molecule has 0 unspecified atom stereocenters. The molecule has 8 aromatic carbocycles. The minimum Gasteiger partial charge on any atom is -0.307 e. The van der Waals surface area contributed by atoms with Gasteiger partial charge in [0, 0.05) is 44.0 Å². The lowest BCUT2D eigenvalue weighted by Gasteiger charge is -2.14. The number of hydrogen-bond donors (Lipinski definition) is 0. The van der Waals surface area contributed by atoms with Crippen molar-refractivity contribution in [3.63, 3.8) is 0 Å². The molecule has 11 aromatic rings. The van der Waals surface area contributed by atoms with Crippen LogP contribution >= 0.6 is 0 Å². The maximum Gasteiger partial charge on any atom is 0.0973 e. The average Bonchev–Trinajstić information content (AvgIpc) is 3.74. The summed E-state index contributed by atoms with van der Waals surface area (Å²) in [6.07, 6.45) is 0. The molecular weight excluding hydrogens is 633 g/mol. The Balaban J connectivity index is 1.16. The van der Waals surface area contributed by atoms with Gasteiger partial charge in [-0.2, -0.15) is 0 Å². The van der Waals surface area contributed by atoms with Gasteiger partial charge in [0.25, 0.3) is 0 Å². The van der Waals surface area contributed by atoms with Gasteiger partial charge in [-0.15, -0.1) is 0 Å². The molecule has 0 saturated heterocycles. The number of aromatic nitrogens is 4. The second-order valence-corrected chi connectivity index (χ2v) is 13.4. The summed E-state index contributed by atoms with van der Waals surface area (Å²) in [5.74, 6) is 0. The molecule has 0 radical (unpaired) electrons. The van der Waals surface area contributed by atoms with Crippen LogP contribution in [0.5, 0.6) is 0 Å². The minimum absolute atomic E-state index is 0.884. The molecule has 0 amide bonds. The summed E-state index contributed by atoms with van der Waals surface area (Å²) in [5.41, 5.74) is 12.7. The summed E-state index contributed by atoms with van der Waals surface area (Å²) in [5, 5.41) is 7.28. The maximum atomic E-state index is 5.17. The first-order valence-corrected chi connectivity index (χ1v) is 17.7. The summed E-state index contributed by atoms with van der Waals surface area (Å²) in [4.78, 5) is 10.3. The van der Waals surface area contributed by atoms with Gasteiger partial charge in [0.15, 0.2) is 0 Å². The number of benzene rings is 8. The van der Waals surface area contributed by atoms with Crippen LogP contribution in [0.2, 0.25) is 0 Å². The molecule has 4 nitrogen and oxygen atoms in total. The highest BCUT2D eigenvalue weighted by Gasteiger charge is 2.21. The van der Waals surface area contributed by atoms with Gasteiger partial charge in [0.05, 0.1) is 44.5 Å². The molecule has 0 saturated carbocycles. The third kappa shape index (κ3) is 4.28. The first-order valence-electron chi connectivity index (χ1n) is 17.7. The fourth-order valence-electron chi connectivity index (χ4n) is 8.13. The normalized spacial score (nSPS) is 11.8. The molecule has 0 atom stereocenters. The number of rotatable bonds is 4. The van der Waals surface area contributed by atoms with Crippen LogP contribution in [0.4, 0.5) is 0 Å². The molecule has 0 aliphatic heterocycles. The Kier molecular flexibility index (Phi) is 6.22. The van der Waals surface area contributed by atoms with E-state index in [4.69, 9.17) is 9.97 Å². The van der Waals surface area contributed by atoms with Crippen molar-refractivity contribution in [1.29, 1.82) is 0 Å². The quantitative estimate of drug-likeness (QED) is 0.188. The van der Waals surface area contributed by atoms with Gasteiger partial charge >= 0.3 is 0 Å². The second-order valence-electron chi connectivity index (χ2n) is 13.4. The maximum absolute atomic E-state index is 5.17. The summed E-state index contributed by atoms with van der Waals surface area (Å²) in [6.45, 7) is 0. The van der Waals surface area contributed by atoms with Crippen molar-refractivity contribution in [2.75, 3.05) is 0 Å². The number of para-hydroxylation sites is 5. The Hall–Kier alpha value is -7.04. The van der Waals surface area contributed by atoms with Gasteiger partial charge in [-0.3, -0.25) is 0 Å². The topological polar surface area (TPSA) is 35.6 Å². The number of hydrogen-bond acceptors (Lipinski definition) is 2. The monoisotopic (exact) mass is 662 g/mol. The van der Waals surface area contributed by atoms with Gasteiger partial charge in [-0.1, -0.05) is 127 Å². The van der Waals surface area contributed by atoms with E-state index in [0.717, 1.165) is 55.7 Å². The first-order chi connectivity index (χ1) is 25.8. The fourth-order valence-corrected chi connectivity index (χ4v) is 8.13. The number of nitrogens with zero attached hydrogens (tertiary/aromatic N) is 4. The second kappa shape index (κ2) is 11.2. The van der Waals surface area contributed by atoms with Crippen molar-refractivity contribution < 1.29 is 0 Å². The highest BCUT2D eigenvalue weighted by atomic mass is 15.0. The van der Waals surface area contributed by atoms with Gasteiger partial charge in [0.2, 0.25) is 0 Å². The molecule has 242 valence electrons. The van der Waals surface area contributed by atoms with E-state index in [2.05, 4.69) is 161 Å². The lowest BCUT2D eigenvalue weighted by molar-refractivity contribution is 1.15. The lowest BCUT2D eigenvalue weighted by Crippen LogP contribution is -1.99. The van der Waals surface area contributed by atoms with E-state index in [1.807, 2.05) is 30.3 Å². The predicted molar refractivity (Wildman–Crippen MR) is 217 cm³/mol. The Bertz CT molecular complexity index is 3170. The first kappa shape index (κ1) is 28.8. The Morgan fingerprint density at radius 1 is 0.327 bits per heavy atom. The molecule has 4 heteroatoms. The van der Waals surface area contributed by atoms with Crippen LogP contribution in [0.25, 0.3) is 99.3 Å². The molecule has 52 heavy (non-hydrogen) atoms. The van der Waals surface area contributed by atoms with Crippen molar-refractivity contribution in [2.24, 2.45) is 0 Å². The highest BCUT2D eigenvalue weighted by Crippen LogP contribution is 2.42. The third-order valence-electron chi connectivity index (χ3n) is 10.5. The fraction of sp³-hybridized carbons (Fsp3) is 0. The summed E-state index contributed by atoms with van der Waals surface area (Å²) < 4.78 is 4.89. The van der Waals surface area contributed by atoms with Crippen LogP contribution in [-0.2, 0) is 0 Å². The predicted octanol–water partition coefficient (Wildman–Crippen LogP) is 12.3. The van der Waals surface area contributed by atoms with Crippen molar-refractivity contribution in [2.45, 2.75) is 0 Å². The van der Waals surface area contributed by atoms with Crippen LogP contribution in [0.1, 0.15) is 0 Å². The van der Waals surface area contributed by atoms with E-state index in [0.29, 0.717) is 0 Å². The standard InChI is InChI=1S/C48H30N4/c1-3-13-31(14-4-1)45-46(50-42-20-10-9-19-41(42)49-45)34-24-23-33-30-36(26-25-32(33)29-34)52-44-22-12-8-18-38(44)40-28-27-39-37-17-7-11-21-43(37)51(47(39)48(40)52)35-15-5-2-6-16-35/h1-30H. The van der Waals surface area contributed by atoms with Crippen molar-refractivity contribution in [3.8, 4) is 33.9 Å². The van der Waals surface area contributed by atoms with Crippen molar-refractivity contribution in [1.82, 2.24) is 19.1 Å². The van der Waals surface area contributed by atoms with Gasteiger partial charge < -0.3 is 9.13 Å². The van der Waals surface area contributed by atoms with Crippen LogP contribution in [0.3, 0.4) is 0 Å². The van der Waals surface area contributed by atoms with E-state index in [-0.39, 0.29) is 0 Å². The van der Waals surface area contributed by atoms with E-state index >= 15 is 0 Å². The lowest BCUT2D eigenvalue weighted by atomic mass is 10.00. The van der Waals surface area contributed by atoms with Crippen LogP contribution in [0, 0.1) is 0 Å². The Morgan fingerprint density at radius 3 is 1.48 bits per heavy atom.